The molecule has 5 fully saturated rings. The quantitative estimate of drug-likeness (QED) is 0.00886. The summed E-state index contributed by atoms with van der Waals surface area (Å²) in [6.45, 7) is 34.7. The number of rotatable bonds is 31. The maximum Gasteiger partial charge on any atom is 0.333 e. The monoisotopic (exact) mass is 1960 g/mol. The average Bonchev–Trinajstić information content (AvgIpc) is 1.62. The number of carbonyl (C=O) groups is 3. The molecule has 5 N–H and O–H groups in total. The fourth-order valence-corrected chi connectivity index (χ4v) is 21.9. The van der Waals surface area contributed by atoms with Gasteiger partial charge in [-0.1, -0.05) is 54.6 Å². The summed E-state index contributed by atoms with van der Waals surface area (Å²) in [7, 11) is -11.7. The van der Waals surface area contributed by atoms with Crippen LogP contribution in [0, 0.1) is 31.4 Å². The van der Waals surface area contributed by atoms with Crippen molar-refractivity contribution in [1.82, 2.24) is 87.4 Å². The molecule has 52 heteroatoms. The molecule has 0 spiro atoms. The Hall–Kier alpha value is -10.4. The van der Waals surface area contributed by atoms with Gasteiger partial charge in [0, 0.05) is 49.1 Å². The van der Waals surface area contributed by atoms with Crippen molar-refractivity contribution in [2.24, 2.45) is 0 Å². The zero-order valence-corrected chi connectivity index (χ0v) is 77.6. The molecule has 722 valence electrons. The highest BCUT2D eigenvalue weighted by Crippen LogP contribution is 2.63. The first-order chi connectivity index (χ1) is 65.5. The molecule has 5 saturated heterocycles. The number of nitrogens with one attached hydrogen (secondary N) is 3. The van der Waals surface area contributed by atoms with Crippen LogP contribution in [0.5, 0.6) is 0 Å². The number of carbonyl (C=O) groups excluding carboxylic acids is 3. The van der Waals surface area contributed by atoms with Gasteiger partial charge >= 0.3 is 8.60 Å². The second-order valence-corrected chi connectivity index (χ2v) is 37.1. The van der Waals surface area contributed by atoms with Gasteiger partial charge in [0.1, 0.15) is 80.7 Å². The smallest absolute Gasteiger partial charge is 0.333 e. The van der Waals surface area contributed by atoms with Crippen LogP contribution >= 0.6 is 32.5 Å². The van der Waals surface area contributed by atoms with E-state index in [1.165, 1.54) is 68.9 Å². The lowest BCUT2D eigenvalue weighted by Gasteiger charge is -2.45. The number of aliphatic hydroxyl groups is 2. The van der Waals surface area contributed by atoms with E-state index in [1.54, 1.807) is 97.9 Å². The van der Waals surface area contributed by atoms with Gasteiger partial charge in [-0.05, 0) is 105 Å². The van der Waals surface area contributed by atoms with E-state index in [-0.39, 0.29) is 105 Å². The number of aryl methyl sites for hydroxylation is 1. The summed E-state index contributed by atoms with van der Waals surface area (Å²) in [6.07, 6.45) is -13.7. The Morgan fingerprint density at radius 3 is 1.52 bits per heavy atom. The lowest BCUT2D eigenvalue weighted by Crippen LogP contribution is -2.42. The number of ether oxygens (including phenoxy) is 4. The highest BCUT2D eigenvalue weighted by atomic mass is 31.2. The van der Waals surface area contributed by atoms with E-state index in [4.69, 9.17) is 72.8 Å². The number of hydrogen-bond donors (Lipinski definition) is 5. The van der Waals surface area contributed by atoms with Gasteiger partial charge < -0.3 is 68.4 Å². The van der Waals surface area contributed by atoms with Crippen LogP contribution in [0.2, 0.25) is 0 Å². The number of aliphatic hydroxyl groups excluding tert-OH is 2. The minimum Gasteiger partial charge on any atom is -0.394 e. The molecule has 42 nitrogen and oxygen atoms in total. The third-order valence-electron chi connectivity index (χ3n) is 21.4. The van der Waals surface area contributed by atoms with Crippen molar-refractivity contribution in [3.8, 4) is 6.07 Å². The minimum absolute atomic E-state index is 0.0204. The molecule has 5 aliphatic rings. The Balaban J connectivity index is 0.000000188. The summed E-state index contributed by atoms with van der Waals surface area (Å²) in [5.41, 5.74) is 3.49. The normalized spacial score (nSPS) is 25.6. The van der Waals surface area contributed by atoms with Crippen LogP contribution in [0.4, 0.5) is 35.0 Å². The topological polar surface area (TPSA) is 461 Å². The Morgan fingerprint density at radius 2 is 1.04 bits per heavy atom. The maximum absolute atomic E-state index is 16.8. The van der Waals surface area contributed by atoms with E-state index in [9.17, 15) is 29.9 Å². The van der Waals surface area contributed by atoms with Gasteiger partial charge in [0.15, 0.2) is 132 Å². The van der Waals surface area contributed by atoms with E-state index in [0.717, 1.165) is 0 Å². The van der Waals surface area contributed by atoms with Crippen LogP contribution in [-0.2, 0) is 59.7 Å². The van der Waals surface area contributed by atoms with Gasteiger partial charge in [-0.15, -0.1) is 0 Å². The van der Waals surface area contributed by atoms with Gasteiger partial charge in [-0.25, -0.2) is 118 Å². The number of nitriles is 1. The molecular formula is C84H104B2F4N24O18P4. The molecule has 3 aromatic carbocycles. The average molecular weight is 1960 g/mol. The molecule has 136 heavy (non-hydrogen) atoms. The lowest BCUT2D eigenvalue weighted by atomic mass is 10.1. The van der Waals surface area contributed by atoms with Gasteiger partial charge in [-0.2, -0.15) is 5.26 Å². The molecule has 19 atom stereocenters. The summed E-state index contributed by atoms with van der Waals surface area (Å²) in [5, 5.41) is 38.8. The fraction of sp³-hybridized carbons (Fsp3) is 0.476. The van der Waals surface area contributed by atoms with Crippen LogP contribution in [0.3, 0.4) is 0 Å². The summed E-state index contributed by atoms with van der Waals surface area (Å²) < 4.78 is 157. The molecule has 16 rings (SSSR count). The summed E-state index contributed by atoms with van der Waals surface area (Å²) in [5.74, 6) is -1.06. The molecule has 8 unspecified atom stereocenters. The second-order valence-electron chi connectivity index (χ2n) is 31.7. The Morgan fingerprint density at radius 1 is 0.588 bits per heavy atom. The van der Waals surface area contributed by atoms with Crippen molar-refractivity contribution < 1.29 is 102 Å². The van der Waals surface area contributed by atoms with E-state index in [2.05, 4.69) is 157 Å². The van der Waals surface area contributed by atoms with E-state index >= 15 is 17.6 Å². The van der Waals surface area contributed by atoms with Gasteiger partial charge in [0.05, 0.1) is 63.3 Å². The largest absolute Gasteiger partial charge is 0.394 e. The van der Waals surface area contributed by atoms with Crippen molar-refractivity contribution in [2.75, 3.05) is 82.0 Å². The Labute approximate surface area is 784 Å². The molecule has 0 radical (unpaired) electrons. The SMILES string of the molecule is CC(C)N(C(C)C)P(C)N(C(C)C)C(C)C.[BH3-][P+](OCC[N+]#[C-])(OCC1OC(n2cnc3c(NC(=O)c4ccccc4)ncnc32)C(O)C1F)O[C@@H]1C(F)[C@H](n2cnc3c(NC(=O)c4ccccc4)ncnc32)O[C@@H]1CO.[BH3-][P+]1(OCC[N+]#[C-])OC[C@H]2O[C@@H](n3cnc4c(NC(=O)c5ccccc5)ncnc43)[C@H](OP(OCCC#N)OC[C@H]3O[C@@H](n4cnc5c(C)ncnc54)[C@H](F)[C@@H]3O1)[C@@H]2F. The molecule has 11 aromatic rings. The number of hydrogen-bond acceptors (Lipinski definition) is 33. The third kappa shape index (κ3) is 23.1. The first kappa shape index (κ1) is 102. The molecule has 8 aromatic heterocycles. The summed E-state index contributed by atoms with van der Waals surface area (Å²) in [6, 6.07) is 29.9. The Bertz CT molecular complexity index is 6000. The number of amides is 3. The third-order valence-corrected chi connectivity index (χ3v) is 28.1. The first-order valence-electron chi connectivity index (χ1n) is 42.5. The zero-order chi connectivity index (χ0) is 96.8. The molecular weight excluding hydrogens is 1850 g/mol. The zero-order valence-electron chi connectivity index (χ0n) is 74.0. The van der Waals surface area contributed by atoms with E-state index in [0.29, 0.717) is 57.7 Å². The van der Waals surface area contributed by atoms with Crippen molar-refractivity contribution in [1.29, 1.82) is 5.26 Å². The molecule has 3 amide bonds. The second kappa shape index (κ2) is 45.9. The number of fused-ring (bicyclic) bond motifs is 7. The number of anilines is 3. The Kier molecular flexibility index (Phi) is 34.3. The van der Waals surface area contributed by atoms with Crippen LogP contribution in [0.15, 0.2) is 142 Å². The number of halogens is 4. The standard InChI is InChI=1S/C37H37BF2N11O9P.C34H36BF2N11O9P2.C13H31N2P/c1-41-12-13-56-61(38,57-15-23-24(39)28(53)37(59-23)51-19-47-27-31(43-17-45-33(27)51)49-35(55)21-10-6-3-7-11-21)60-29-22(14-52)58-36(25(29)40)50-18-46-26-30(42-16-44-32(26)50)48-34(54)20-8-4-2-5-9-20;1-19-25-30(42-15-40-19)47(17-44-25)33-24(37)27-22(55-33)13-51-58(50-11-6-9-38)56-28-23(36)21(14-53-59(35,57-27)52-12-10-39-2)54-34(28)48-18-45-26-29(41-16-43-31(26)48)46-32(49)20-7-4-3-5-8-20;1-10(2)14(11(3)4)16(9)15(12(5)6)13(7)8/h2-11,16-19,22-25,28-29,36-37,52-53H,12-15H2,38H3,(H,42,44,48,54)(H,43,45,49,55);3-5,7-8,15-18,21-24,27-28,33-34H,6,10-14H2,1,35H3,(H,41,43,46,49);10-13H,1-9H3/t22-,23?,24?,25?,28?,29+,36-,37?,61?;21-,22-,23-,24-,27-,28-,33-,34-,58?,59?;/m11./s1. The molecule has 5 aliphatic heterocycles. The molecule has 13 heterocycles. The lowest BCUT2D eigenvalue weighted by molar-refractivity contribution is -0.0625. The molecule has 0 aliphatic carbocycles. The van der Waals surface area contributed by atoms with Gasteiger partial charge in [-0.3, -0.25) is 42.0 Å². The van der Waals surface area contributed by atoms with Crippen LogP contribution in [-0.4, -0.2) is 294 Å². The van der Waals surface area contributed by atoms with Gasteiger partial charge in [0.25, 0.3) is 17.7 Å². The number of aromatic nitrogens is 16. The summed E-state index contributed by atoms with van der Waals surface area (Å²) >= 11 is 0. The number of imidazole rings is 4. The molecule has 0 saturated carbocycles. The summed E-state index contributed by atoms with van der Waals surface area (Å²) in [4.78, 5) is 96.6. The van der Waals surface area contributed by atoms with Crippen LogP contribution in [0.25, 0.3) is 54.3 Å². The highest BCUT2D eigenvalue weighted by Gasteiger charge is 2.58. The highest BCUT2D eigenvalue weighted by molar-refractivity contribution is 7.86. The van der Waals surface area contributed by atoms with Crippen LogP contribution in [0.1, 0.15) is 123 Å². The minimum atomic E-state index is -3.43. The van der Waals surface area contributed by atoms with Crippen molar-refractivity contribution in [3.05, 3.63) is 187 Å². The molecule has 2 bridgehead atoms. The predicted molar refractivity (Wildman–Crippen MR) is 499 cm³/mol. The number of nitrogens with zero attached hydrogens (tertiary/aromatic N) is 21. The maximum atomic E-state index is 16.8. The van der Waals surface area contributed by atoms with Gasteiger partial charge in [0.2, 0.25) is 43.9 Å². The van der Waals surface area contributed by atoms with Crippen molar-refractivity contribution in [3.63, 3.8) is 0 Å². The van der Waals surface area contributed by atoms with E-state index < -0.39 is 175 Å². The first-order valence-corrected chi connectivity index (χ1v) is 47.5. The van der Waals surface area contributed by atoms with Crippen molar-refractivity contribution >= 4 is 127 Å². The number of alkyl halides is 4. The fourth-order valence-electron chi connectivity index (χ4n) is 15.6. The predicted octanol–water partition coefficient (Wildman–Crippen LogP) is 10.2. The number of benzene rings is 3. The van der Waals surface area contributed by atoms with Crippen LogP contribution < -0.4 is 16.0 Å². The van der Waals surface area contributed by atoms with E-state index in [1.807, 2.05) is 6.07 Å². The van der Waals surface area contributed by atoms with Crippen molar-refractivity contribution in [2.45, 2.75) is 191 Å².